The second-order valence-electron chi connectivity index (χ2n) is 8.73. The van der Waals surface area contributed by atoms with Crippen molar-refractivity contribution in [2.45, 2.75) is 95.9 Å². The number of guanidine groups is 1. The summed E-state index contributed by atoms with van der Waals surface area (Å²) < 4.78 is 18.0. The fraction of sp³-hybridized carbons (Fsp3) is 0.957. The van der Waals surface area contributed by atoms with Crippen LogP contribution in [0, 0.1) is 0 Å². The van der Waals surface area contributed by atoms with Crippen molar-refractivity contribution in [3.05, 3.63) is 0 Å². The Morgan fingerprint density at radius 3 is 2.45 bits per heavy atom. The second-order valence-corrected chi connectivity index (χ2v) is 8.73. The minimum atomic E-state index is 0.316. The monoisotopic (exact) mass is 409 g/mol. The highest BCUT2D eigenvalue weighted by atomic mass is 16.5. The molecule has 1 aliphatic carbocycles. The molecule has 0 amide bonds. The van der Waals surface area contributed by atoms with E-state index in [1.807, 2.05) is 0 Å². The zero-order valence-corrected chi connectivity index (χ0v) is 18.6. The predicted molar refractivity (Wildman–Crippen MR) is 118 cm³/mol. The molecule has 168 valence electrons. The molecule has 1 atom stereocenters. The van der Waals surface area contributed by atoms with E-state index in [4.69, 9.17) is 19.2 Å². The summed E-state index contributed by atoms with van der Waals surface area (Å²) in [6.45, 7) is 8.42. The molecule has 2 heterocycles. The third-order valence-electron chi connectivity index (χ3n) is 6.34. The van der Waals surface area contributed by atoms with Gasteiger partial charge in [-0.2, -0.15) is 0 Å². The van der Waals surface area contributed by atoms with E-state index >= 15 is 0 Å². The Kier molecular flexibility index (Phi) is 10.6. The number of nitrogens with one attached hydrogen (secondary N) is 1. The summed E-state index contributed by atoms with van der Waals surface area (Å²) in [6.07, 6.45) is 14.5. The largest absolute Gasteiger partial charge is 0.378 e. The summed E-state index contributed by atoms with van der Waals surface area (Å²) in [6, 6.07) is 0. The van der Waals surface area contributed by atoms with Gasteiger partial charge in [-0.1, -0.05) is 19.3 Å². The Bertz CT molecular complexity index is 454. The molecule has 3 fully saturated rings. The van der Waals surface area contributed by atoms with Crippen LogP contribution in [0.4, 0.5) is 0 Å². The van der Waals surface area contributed by atoms with Crippen molar-refractivity contribution in [2.24, 2.45) is 4.99 Å². The maximum Gasteiger partial charge on any atom is 0.193 e. The number of ether oxygens (including phenoxy) is 3. The first-order chi connectivity index (χ1) is 14.3. The Morgan fingerprint density at radius 2 is 1.72 bits per heavy atom. The van der Waals surface area contributed by atoms with Crippen LogP contribution < -0.4 is 5.32 Å². The van der Waals surface area contributed by atoms with Crippen LogP contribution in [0.1, 0.15) is 77.6 Å². The van der Waals surface area contributed by atoms with Crippen molar-refractivity contribution >= 4 is 5.96 Å². The lowest BCUT2D eigenvalue weighted by Crippen LogP contribution is -2.47. The van der Waals surface area contributed by atoms with Gasteiger partial charge in [0.05, 0.1) is 24.9 Å². The highest BCUT2D eigenvalue weighted by Gasteiger charge is 2.23. The molecular formula is C23H43N3O3. The molecule has 6 heteroatoms. The maximum atomic E-state index is 6.15. The van der Waals surface area contributed by atoms with Crippen LogP contribution in [-0.4, -0.2) is 75.2 Å². The Hall–Kier alpha value is -0.850. The molecule has 3 rings (SSSR count). The van der Waals surface area contributed by atoms with Gasteiger partial charge in [-0.25, -0.2) is 0 Å². The summed E-state index contributed by atoms with van der Waals surface area (Å²) >= 11 is 0. The van der Waals surface area contributed by atoms with Crippen LogP contribution in [0.15, 0.2) is 4.99 Å². The zero-order chi connectivity index (χ0) is 20.2. The van der Waals surface area contributed by atoms with Crippen LogP contribution in [0.5, 0.6) is 0 Å². The van der Waals surface area contributed by atoms with Gasteiger partial charge >= 0.3 is 0 Å². The highest BCUT2D eigenvalue weighted by molar-refractivity contribution is 5.80. The number of piperidine rings is 1. The average molecular weight is 410 g/mol. The SMILES string of the molecule is CCNC(=NCCCOC1CCCCC1)N1CCC(OCC2CCCCO2)CC1. The average Bonchev–Trinajstić information content (AvgIpc) is 2.78. The molecular weight excluding hydrogens is 366 g/mol. The van der Waals surface area contributed by atoms with Crippen molar-refractivity contribution in [1.82, 2.24) is 10.2 Å². The van der Waals surface area contributed by atoms with Gasteiger partial charge in [0.1, 0.15) is 0 Å². The second kappa shape index (κ2) is 13.5. The molecule has 0 aromatic rings. The molecule has 0 aromatic heterocycles. The maximum absolute atomic E-state index is 6.15. The van der Waals surface area contributed by atoms with Gasteiger partial charge in [-0.15, -0.1) is 0 Å². The van der Waals surface area contributed by atoms with Gasteiger partial charge in [0.15, 0.2) is 5.96 Å². The topological polar surface area (TPSA) is 55.3 Å². The number of hydrogen-bond donors (Lipinski definition) is 1. The van der Waals surface area contributed by atoms with Gasteiger partial charge < -0.3 is 24.4 Å². The van der Waals surface area contributed by atoms with Gasteiger partial charge in [0, 0.05) is 39.4 Å². The first-order valence-corrected chi connectivity index (χ1v) is 12.2. The lowest BCUT2D eigenvalue weighted by Gasteiger charge is -2.35. The number of rotatable bonds is 9. The van der Waals surface area contributed by atoms with Crippen LogP contribution >= 0.6 is 0 Å². The van der Waals surface area contributed by atoms with Crippen molar-refractivity contribution in [2.75, 3.05) is 46.0 Å². The molecule has 1 unspecified atom stereocenters. The molecule has 2 saturated heterocycles. The van der Waals surface area contributed by atoms with E-state index < -0.39 is 0 Å². The molecule has 6 nitrogen and oxygen atoms in total. The molecule has 1 saturated carbocycles. The van der Waals surface area contributed by atoms with E-state index in [-0.39, 0.29) is 0 Å². The van der Waals surface area contributed by atoms with Crippen molar-refractivity contribution in [1.29, 1.82) is 0 Å². The van der Waals surface area contributed by atoms with Gasteiger partial charge in [-0.3, -0.25) is 4.99 Å². The lowest BCUT2D eigenvalue weighted by molar-refractivity contribution is -0.0721. The number of aliphatic imine (C=N–C) groups is 1. The van der Waals surface area contributed by atoms with Crippen molar-refractivity contribution < 1.29 is 14.2 Å². The van der Waals surface area contributed by atoms with E-state index in [0.717, 1.165) is 77.6 Å². The lowest BCUT2D eigenvalue weighted by atomic mass is 9.98. The van der Waals surface area contributed by atoms with E-state index in [0.29, 0.717) is 18.3 Å². The van der Waals surface area contributed by atoms with Crippen molar-refractivity contribution in [3.63, 3.8) is 0 Å². The molecule has 1 N–H and O–H groups in total. The number of likely N-dealkylation sites (tertiary alicyclic amines) is 1. The highest BCUT2D eigenvalue weighted by Crippen LogP contribution is 2.20. The Labute approximate surface area is 177 Å². The molecule has 0 aromatic carbocycles. The standard InChI is InChI=1S/C23H43N3O3/c1-2-24-23(25-14-8-18-27-20-9-4-3-5-10-20)26-15-12-21(13-16-26)29-19-22-11-6-7-17-28-22/h20-22H,2-19H2,1H3,(H,24,25). The quantitative estimate of drug-likeness (QED) is 0.357. The van der Waals surface area contributed by atoms with Gasteiger partial charge in [0.2, 0.25) is 0 Å². The van der Waals surface area contributed by atoms with Crippen LogP contribution in [0.2, 0.25) is 0 Å². The molecule has 2 aliphatic heterocycles. The summed E-state index contributed by atoms with van der Waals surface area (Å²) in [5, 5.41) is 3.47. The Morgan fingerprint density at radius 1 is 0.966 bits per heavy atom. The fourth-order valence-corrected chi connectivity index (χ4v) is 4.57. The van der Waals surface area contributed by atoms with E-state index in [1.165, 1.54) is 44.9 Å². The smallest absolute Gasteiger partial charge is 0.193 e. The molecule has 0 radical (unpaired) electrons. The van der Waals surface area contributed by atoms with E-state index in [1.54, 1.807) is 0 Å². The molecule has 0 bridgehead atoms. The van der Waals surface area contributed by atoms with Crippen molar-refractivity contribution in [3.8, 4) is 0 Å². The minimum absolute atomic E-state index is 0.316. The fourth-order valence-electron chi connectivity index (χ4n) is 4.57. The third-order valence-corrected chi connectivity index (χ3v) is 6.34. The van der Waals surface area contributed by atoms with Gasteiger partial charge in [-0.05, 0) is 58.3 Å². The van der Waals surface area contributed by atoms with E-state index in [9.17, 15) is 0 Å². The normalized spacial score (nSPS) is 25.3. The summed E-state index contributed by atoms with van der Waals surface area (Å²) in [4.78, 5) is 7.25. The summed E-state index contributed by atoms with van der Waals surface area (Å²) in [5.41, 5.74) is 0. The van der Waals surface area contributed by atoms with Gasteiger partial charge in [0.25, 0.3) is 0 Å². The van der Waals surface area contributed by atoms with Crippen LogP contribution in [0.3, 0.4) is 0 Å². The third kappa shape index (κ3) is 8.42. The summed E-state index contributed by atoms with van der Waals surface area (Å²) in [5.74, 6) is 1.05. The number of nitrogens with zero attached hydrogens (tertiary/aromatic N) is 2. The first-order valence-electron chi connectivity index (χ1n) is 12.2. The predicted octanol–water partition coefficient (Wildman–Crippen LogP) is 3.74. The molecule has 0 spiro atoms. The Balaban J connectivity index is 1.31. The van der Waals surface area contributed by atoms with E-state index in [2.05, 4.69) is 17.1 Å². The summed E-state index contributed by atoms with van der Waals surface area (Å²) in [7, 11) is 0. The first kappa shape index (κ1) is 22.8. The number of hydrogen-bond acceptors (Lipinski definition) is 4. The molecule has 29 heavy (non-hydrogen) atoms. The van der Waals surface area contributed by atoms with Crippen LogP contribution in [0.25, 0.3) is 0 Å². The molecule has 3 aliphatic rings. The minimum Gasteiger partial charge on any atom is -0.378 e. The zero-order valence-electron chi connectivity index (χ0n) is 18.6. The van der Waals surface area contributed by atoms with Crippen LogP contribution in [-0.2, 0) is 14.2 Å².